The number of hydrogen-bond donors (Lipinski definition) is 1. The zero-order chi connectivity index (χ0) is 19.0. The van der Waals surface area contributed by atoms with Gasteiger partial charge in [-0.3, -0.25) is 4.79 Å². The lowest BCUT2D eigenvalue weighted by atomic mass is 10.2. The summed E-state index contributed by atoms with van der Waals surface area (Å²) in [6, 6.07) is 17.5. The normalized spacial score (nSPS) is 12.7. The molecule has 1 N–H and O–H groups in total. The van der Waals surface area contributed by atoms with Gasteiger partial charge in [-0.25, -0.2) is 8.42 Å². The van der Waals surface area contributed by atoms with Crippen molar-refractivity contribution in [1.82, 2.24) is 9.62 Å². The van der Waals surface area contributed by atoms with Crippen molar-refractivity contribution in [1.29, 1.82) is 0 Å². The van der Waals surface area contributed by atoms with Crippen LogP contribution in [0.25, 0.3) is 0 Å². The maximum Gasteiger partial charge on any atom is 0.243 e. The molecular formula is C20H26N2O3S. The number of nitrogens with one attached hydrogen (secondary N) is 1. The molecule has 0 aliphatic carbocycles. The number of rotatable bonds is 9. The van der Waals surface area contributed by atoms with Crippen molar-refractivity contribution >= 4 is 15.9 Å². The molecule has 26 heavy (non-hydrogen) atoms. The Kier molecular flexibility index (Phi) is 7.36. The van der Waals surface area contributed by atoms with Crippen LogP contribution in [-0.4, -0.2) is 31.2 Å². The van der Waals surface area contributed by atoms with E-state index in [0.29, 0.717) is 0 Å². The van der Waals surface area contributed by atoms with Crippen LogP contribution in [0, 0.1) is 0 Å². The third-order valence-corrected chi connectivity index (χ3v) is 5.84. The third-order valence-electron chi connectivity index (χ3n) is 4.03. The predicted molar refractivity (Wildman–Crippen MR) is 103 cm³/mol. The number of carbonyl (C=O) groups is 1. The lowest BCUT2D eigenvalue weighted by Crippen LogP contribution is -2.43. The summed E-state index contributed by atoms with van der Waals surface area (Å²) in [5.41, 5.74) is 0.835. The Morgan fingerprint density at radius 3 is 2.19 bits per heavy atom. The van der Waals surface area contributed by atoms with Crippen LogP contribution in [0.4, 0.5) is 0 Å². The second kappa shape index (κ2) is 9.50. The third kappa shape index (κ3) is 5.68. The smallest absolute Gasteiger partial charge is 0.243 e. The Morgan fingerprint density at radius 2 is 1.62 bits per heavy atom. The van der Waals surface area contributed by atoms with Crippen LogP contribution in [0.15, 0.2) is 65.6 Å². The fourth-order valence-corrected chi connectivity index (χ4v) is 4.15. The molecule has 0 spiro atoms. The standard InChI is InChI=1S/C20H26N2O3S/c1-3-10-17(2)21-20(23)16-22(15-18-11-6-4-7-12-18)26(24,25)19-13-8-5-9-14-19/h4-9,11-14,17H,3,10,15-16H2,1-2H3,(H,21,23)/t17-/m0/s1. The van der Waals surface area contributed by atoms with E-state index >= 15 is 0 Å². The highest BCUT2D eigenvalue weighted by atomic mass is 32.2. The number of nitrogens with zero attached hydrogens (tertiary/aromatic N) is 1. The summed E-state index contributed by atoms with van der Waals surface area (Å²) in [5, 5.41) is 2.88. The van der Waals surface area contributed by atoms with Gasteiger partial charge in [-0.05, 0) is 31.0 Å². The molecule has 2 aromatic carbocycles. The molecule has 0 aromatic heterocycles. The summed E-state index contributed by atoms with van der Waals surface area (Å²) in [6.45, 7) is 3.91. The van der Waals surface area contributed by atoms with Gasteiger partial charge < -0.3 is 5.32 Å². The molecule has 0 unspecified atom stereocenters. The van der Waals surface area contributed by atoms with Crippen molar-refractivity contribution in [2.75, 3.05) is 6.54 Å². The Balaban J connectivity index is 2.23. The summed E-state index contributed by atoms with van der Waals surface area (Å²) in [7, 11) is -3.77. The number of carbonyl (C=O) groups excluding carboxylic acids is 1. The lowest BCUT2D eigenvalue weighted by molar-refractivity contribution is -0.122. The minimum atomic E-state index is -3.77. The van der Waals surface area contributed by atoms with E-state index in [9.17, 15) is 13.2 Å². The fraction of sp³-hybridized carbons (Fsp3) is 0.350. The predicted octanol–water partition coefficient (Wildman–Crippen LogP) is 3.18. The summed E-state index contributed by atoms with van der Waals surface area (Å²) in [6.07, 6.45) is 1.81. The van der Waals surface area contributed by atoms with E-state index in [4.69, 9.17) is 0 Å². The highest BCUT2D eigenvalue weighted by Crippen LogP contribution is 2.18. The van der Waals surface area contributed by atoms with E-state index in [1.165, 1.54) is 4.31 Å². The van der Waals surface area contributed by atoms with Crippen molar-refractivity contribution in [2.45, 2.75) is 44.2 Å². The summed E-state index contributed by atoms with van der Waals surface area (Å²) >= 11 is 0. The molecule has 0 fully saturated rings. The molecular weight excluding hydrogens is 348 g/mol. The molecule has 0 radical (unpaired) electrons. The molecule has 0 bridgehead atoms. The molecule has 5 nitrogen and oxygen atoms in total. The molecule has 1 amide bonds. The van der Waals surface area contributed by atoms with Crippen LogP contribution < -0.4 is 5.32 Å². The molecule has 1 atom stereocenters. The van der Waals surface area contributed by atoms with Gasteiger partial charge in [-0.1, -0.05) is 61.9 Å². The molecule has 2 aromatic rings. The highest BCUT2D eigenvalue weighted by Gasteiger charge is 2.27. The Hall–Kier alpha value is -2.18. The van der Waals surface area contributed by atoms with Gasteiger partial charge in [-0.15, -0.1) is 0 Å². The van der Waals surface area contributed by atoms with Gasteiger partial charge in [0.1, 0.15) is 0 Å². The highest BCUT2D eigenvalue weighted by molar-refractivity contribution is 7.89. The second-order valence-corrected chi connectivity index (χ2v) is 8.27. The minimum Gasteiger partial charge on any atom is -0.353 e. The van der Waals surface area contributed by atoms with Gasteiger partial charge >= 0.3 is 0 Å². The monoisotopic (exact) mass is 374 g/mol. The fourth-order valence-electron chi connectivity index (χ4n) is 2.74. The van der Waals surface area contributed by atoms with Crippen LogP contribution in [0.2, 0.25) is 0 Å². The van der Waals surface area contributed by atoms with Gasteiger partial charge in [0.2, 0.25) is 15.9 Å². The molecule has 0 saturated heterocycles. The molecule has 2 rings (SSSR count). The van der Waals surface area contributed by atoms with Crippen LogP contribution in [0.5, 0.6) is 0 Å². The van der Waals surface area contributed by atoms with E-state index in [2.05, 4.69) is 5.32 Å². The number of sulfonamides is 1. The quantitative estimate of drug-likeness (QED) is 0.733. The number of hydrogen-bond acceptors (Lipinski definition) is 3. The van der Waals surface area contributed by atoms with Crippen molar-refractivity contribution in [3.05, 3.63) is 66.2 Å². The van der Waals surface area contributed by atoms with Gasteiger partial charge in [0.25, 0.3) is 0 Å². The van der Waals surface area contributed by atoms with Gasteiger partial charge in [-0.2, -0.15) is 4.31 Å². The topological polar surface area (TPSA) is 66.5 Å². The van der Waals surface area contributed by atoms with E-state index < -0.39 is 10.0 Å². The van der Waals surface area contributed by atoms with Crippen molar-refractivity contribution < 1.29 is 13.2 Å². The SMILES string of the molecule is CCC[C@H](C)NC(=O)CN(Cc1ccccc1)S(=O)(=O)c1ccccc1. The summed E-state index contributed by atoms with van der Waals surface area (Å²) in [4.78, 5) is 12.6. The Morgan fingerprint density at radius 1 is 1.04 bits per heavy atom. The van der Waals surface area contributed by atoms with Crippen molar-refractivity contribution in [3.63, 3.8) is 0 Å². The van der Waals surface area contributed by atoms with Crippen LogP contribution in [0.3, 0.4) is 0 Å². The van der Waals surface area contributed by atoms with E-state index in [-0.39, 0.29) is 29.9 Å². The number of amides is 1. The van der Waals surface area contributed by atoms with E-state index in [0.717, 1.165) is 18.4 Å². The largest absolute Gasteiger partial charge is 0.353 e. The Labute approximate surface area is 156 Å². The minimum absolute atomic E-state index is 0.0190. The molecule has 140 valence electrons. The average molecular weight is 375 g/mol. The van der Waals surface area contributed by atoms with Crippen LogP contribution in [-0.2, 0) is 21.4 Å². The van der Waals surface area contributed by atoms with Gasteiger partial charge in [0, 0.05) is 12.6 Å². The maximum atomic E-state index is 13.0. The molecule has 0 saturated carbocycles. The lowest BCUT2D eigenvalue weighted by Gasteiger charge is -2.23. The first-order chi connectivity index (χ1) is 12.4. The molecule has 6 heteroatoms. The van der Waals surface area contributed by atoms with Crippen LogP contribution in [0.1, 0.15) is 32.3 Å². The zero-order valence-corrected chi connectivity index (χ0v) is 16.1. The maximum absolute atomic E-state index is 13.0. The van der Waals surface area contributed by atoms with E-state index in [1.54, 1.807) is 30.3 Å². The van der Waals surface area contributed by atoms with E-state index in [1.807, 2.05) is 44.2 Å². The van der Waals surface area contributed by atoms with Crippen molar-refractivity contribution in [3.8, 4) is 0 Å². The summed E-state index contributed by atoms with van der Waals surface area (Å²) < 4.78 is 27.3. The molecule has 0 aliphatic rings. The van der Waals surface area contributed by atoms with Gasteiger partial charge in [0.05, 0.1) is 11.4 Å². The Bertz CT molecular complexity index is 792. The zero-order valence-electron chi connectivity index (χ0n) is 15.3. The number of benzene rings is 2. The van der Waals surface area contributed by atoms with Crippen LogP contribution >= 0.6 is 0 Å². The second-order valence-electron chi connectivity index (χ2n) is 6.33. The first kappa shape index (κ1) is 20.1. The average Bonchev–Trinajstić information content (AvgIpc) is 2.63. The van der Waals surface area contributed by atoms with Crippen molar-refractivity contribution in [2.24, 2.45) is 0 Å². The molecule has 0 heterocycles. The first-order valence-electron chi connectivity index (χ1n) is 8.82. The summed E-state index contributed by atoms with van der Waals surface area (Å²) in [5.74, 6) is -0.290. The first-order valence-corrected chi connectivity index (χ1v) is 10.3. The van der Waals surface area contributed by atoms with Gasteiger partial charge in [0.15, 0.2) is 0 Å². The molecule has 0 aliphatic heterocycles.